The maximum Gasteiger partial charge on any atom is 0.252 e. The van der Waals surface area contributed by atoms with Crippen molar-refractivity contribution in [2.75, 3.05) is 13.1 Å². The van der Waals surface area contributed by atoms with Crippen LogP contribution >= 0.6 is 15.9 Å². The van der Waals surface area contributed by atoms with Crippen molar-refractivity contribution in [1.82, 2.24) is 10.2 Å². The smallest absolute Gasteiger partial charge is 0.252 e. The molecule has 136 valence electrons. The zero-order valence-corrected chi connectivity index (χ0v) is 16.1. The van der Waals surface area contributed by atoms with Crippen molar-refractivity contribution in [3.05, 3.63) is 69.9 Å². The molecule has 1 N–H and O–H groups in total. The minimum Gasteiger partial charge on any atom is -0.340 e. The Morgan fingerprint density at radius 1 is 1.27 bits per heavy atom. The molecule has 1 aliphatic heterocycles. The fraction of sp³-hybridized carbons (Fsp3) is 0.300. The molecule has 2 aromatic carbocycles. The molecule has 1 unspecified atom stereocenters. The summed E-state index contributed by atoms with van der Waals surface area (Å²) in [4.78, 5) is 27.0. The molecule has 3 rings (SSSR count). The second-order valence-corrected chi connectivity index (χ2v) is 7.63. The van der Waals surface area contributed by atoms with Gasteiger partial charge in [-0.25, -0.2) is 4.39 Å². The van der Waals surface area contributed by atoms with Gasteiger partial charge < -0.3 is 10.2 Å². The Bertz CT molecular complexity index is 842. The summed E-state index contributed by atoms with van der Waals surface area (Å²) in [6.45, 7) is 2.83. The van der Waals surface area contributed by atoms with E-state index in [1.807, 2.05) is 12.1 Å². The molecule has 26 heavy (non-hydrogen) atoms. The van der Waals surface area contributed by atoms with Crippen molar-refractivity contribution < 1.29 is 14.0 Å². The molecule has 0 aromatic heterocycles. The molecule has 0 radical (unpaired) electrons. The summed E-state index contributed by atoms with van der Waals surface area (Å²) in [7, 11) is 0. The number of likely N-dealkylation sites (tertiary alicyclic amines) is 1. The van der Waals surface area contributed by atoms with E-state index in [2.05, 4.69) is 21.2 Å². The van der Waals surface area contributed by atoms with E-state index in [0.29, 0.717) is 31.5 Å². The number of amides is 2. The van der Waals surface area contributed by atoms with Crippen LogP contribution in [0, 0.1) is 5.82 Å². The van der Waals surface area contributed by atoms with Crippen LogP contribution in [0.3, 0.4) is 0 Å². The zero-order valence-electron chi connectivity index (χ0n) is 14.5. The average molecular weight is 419 g/mol. The van der Waals surface area contributed by atoms with E-state index in [1.165, 1.54) is 12.1 Å². The monoisotopic (exact) mass is 418 g/mol. The highest BCUT2D eigenvalue weighted by atomic mass is 79.9. The van der Waals surface area contributed by atoms with Crippen LogP contribution in [0.25, 0.3) is 0 Å². The van der Waals surface area contributed by atoms with Crippen molar-refractivity contribution in [3.63, 3.8) is 0 Å². The van der Waals surface area contributed by atoms with Gasteiger partial charge in [0, 0.05) is 23.1 Å². The Hall–Kier alpha value is -2.21. The van der Waals surface area contributed by atoms with E-state index < -0.39 is 5.54 Å². The molecule has 6 heteroatoms. The van der Waals surface area contributed by atoms with Crippen LogP contribution in [0.5, 0.6) is 0 Å². The quantitative estimate of drug-likeness (QED) is 0.806. The molecule has 2 aromatic rings. The van der Waals surface area contributed by atoms with Crippen molar-refractivity contribution in [1.29, 1.82) is 0 Å². The van der Waals surface area contributed by atoms with E-state index >= 15 is 0 Å². The molecule has 1 heterocycles. The predicted octanol–water partition coefficient (Wildman–Crippen LogP) is 3.55. The first-order valence-corrected chi connectivity index (χ1v) is 9.29. The third-order valence-electron chi connectivity index (χ3n) is 4.68. The van der Waals surface area contributed by atoms with Gasteiger partial charge in [-0.3, -0.25) is 9.59 Å². The lowest BCUT2D eigenvalue weighted by atomic mass is 10.00. The van der Waals surface area contributed by atoms with Crippen molar-refractivity contribution in [2.24, 2.45) is 0 Å². The number of carbonyl (C=O) groups excluding carboxylic acids is 2. The van der Waals surface area contributed by atoms with Gasteiger partial charge in [0.2, 0.25) is 5.91 Å². The van der Waals surface area contributed by atoms with Crippen LogP contribution in [-0.4, -0.2) is 35.3 Å². The third-order valence-corrected chi connectivity index (χ3v) is 5.17. The highest BCUT2D eigenvalue weighted by Crippen LogP contribution is 2.24. The number of hydrogen-bond donors (Lipinski definition) is 1. The summed E-state index contributed by atoms with van der Waals surface area (Å²) in [5.74, 6) is -0.646. The van der Waals surface area contributed by atoms with Gasteiger partial charge in [0.05, 0.1) is 0 Å². The zero-order chi connectivity index (χ0) is 18.7. The first-order chi connectivity index (χ1) is 12.4. The van der Waals surface area contributed by atoms with Crippen molar-refractivity contribution in [3.8, 4) is 0 Å². The Balaban J connectivity index is 1.62. The van der Waals surface area contributed by atoms with Gasteiger partial charge >= 0.3 is 0 Å². The number of nitrogens with zero attached hydrogens (tertiary/aromatic N) is 1. The van der Waals surface area contributed by atoms with Gasteiger partial charge in [-0.1, -0.05) is 34.1 Å². The number of hydrogen-bond acceptors (Lipinski definition) is 2. The van der Waals surface area contributed by atoms with Gasteiger partial charge in [-0.05, 0) is 55.7 Å². The van der Waals surface area contributed by atoms with E-state index in [9.17, 15) is 14.0 Å². The molecule has 0 aliphatic carbocycles. The van der Waals surface area contributed by atoms with Crippen LogP contribution in [0.15, 0.2) is 53.0 Å². The third kappa shape index (κ3) is 4.12. The predicted molar refractivity (Wildman–Crippen MR) is 101 cm³/mol. The molecule has 1 atom stereocenters. The van der Waals surface area contributed by atoms with E-state index in [-0.39, 0.29) is 17.6 Å². The molecule has 0 saturated carbocycles. The van der Waals surface area contributed by atoms with Crippen LogP contribution in [0.4, 0.5) is 4.39 Å². The first kappa shape index (κ1) is 18.6. The molecular formula is C20H20BrFN2O2. The lowest BCUT2D eigenvalue weighted by Crippen LogP contribution is -2.52. The molecular weight excluding hydrogens is 399 g/mol. The molecule has 0 bridgehead atoms. The SMILES string of the molecule is CC1(NC(=O)c2cccc(Br)c2)CCN(CCc2cccc(F)c2)C1=O. The fourth-order valence-corrected chi connectivity index (χ4v) is 3.55. The Morgan fingerprint density at radius 2 is 2.04 bits per heavy atom. The molecule has 1 aliphatic rings. The highest BCUT2D eigenvalue weighted by Gasteiger charge is 2.43. The van der Waals surface area contributed by atoms with Gasteiger partial charge in [-0.15, -0.1) is 0 Å². The van der Waals surface area contributed by atoms with Gasteiger partial charge in [-0.2, -0.15) is 0 Å². The Kier molecular flexibility index (Phi) is 5.41. The fourth-order valence-electron chi connectivity index (χ4n) is 3.15. The Morgan fingerprint density at radius 3 is 2.77 bits per heavy atom. The summed E-state index contributed by atoms with van der Waals surface area (Å²) in [5.41, 5.74) is 0.442. The molecule has 1 saturated heterocycles. The summed E-state index contributed by atoms with van der Waals surface area (Å²) in [5, 5.41) is 2.87. The number of carbonyl (C=O) groups is 2. The lowest BCUT2D eigenvalue weighted by Gasteiger charge is -2.25. The number of nitrogens with one attached hydrogen (secondary N) is 1. The topological polar surface area (TPSA) is 49.4 Å². The van der Waals surface area contributed by atoms with Gasteiger partial charge in [0.15, 0.2) is 0 Å². The summed E-state index contributed by atoms with van der Waals surface area (Å²) >= 11 is 3.34. The van der Waals surface area contributed by atoms with Crippen LogP contribution in [0.1, 0.15) is 29.3 Å². The Labute approximate surface area is 160 Å². The largest absolute Gasteiger partial charge is 0.340 e. The molecule has 4 nitrogen and oxygen atoms in total. The standard InChI is InChI=1S/C20H20BrFN2O2/c1-20(23-18(25)15-5-3-6-16(21)13-15)9-11-24(19(20)26)10-8-14-4-2-7-17(22)12-14/h2-7,12-13H,8-11H2,1H3,(H,23,25). The van der Waals surface area contributed by atoms with Crippen molar-refractivity contribution in [2.45, 2.75) is 25.3 Å². The second-order valence-electron chi connectivity index (χ2n) is 6.72. The molecule has 2 amide bonds. The van der Waals surface area contributed by atoms with E-state index in [0.717, 1.165) is 10.0 Å². The molecule has 1 fully saturated rings. The van der Waals surface area contributed by atoms with E-state index in [4.69, 9.17) is 0 Å². The van der Waals surface area contributed by atoms with Crippen LogP contribution in [0.2, 0.25) is 0 Å². The summed E-state index contributed by atoms with van der Waals surface area (Å²) in [6.07, 6.45) is 1.13. The second kappa shape index (κ2) is 7.58. The summed E-state index contributed by atoms with van der Waals surface area (Å²) in [6, 6.07) is 13.4. The number of halogens is 2. The van der Waals surface area contributed by atoms with Crippen molar-refractivity contribution >= 4 is 27.7 Å². The summed E-state index contributed by atoms with van der Waals surface area (Å²) < 4.78 is 14.1. The van der Waals surface area contributed by atoms with Gasteiger partial charge in [0.1, 0.15) is 11.4 Å². The first-order valence-electron chi connectivity index (χ1n) is 8.49. The highest BCUT2D eigenvalue weighted by molar-refractivity contribution is 9.10. The van der Waals surface area contributed by atoms with E-state index in [1.54, 1.807) is 36.1 Å². The maximum atomic E-state index is 13.3. The van der Waals surface area contributed by atoms with Crippen LogP contribution in [-0.2, 0) is 11.2 Å². The number of rotatable bonds is 5. The minimum absolute atomic E-state index is 0.0998. The maximum absolute atomic E-state index is 13.3. The average Bonchev–Trinajstić information content (AvgIpc) is 2.88. The van der Waals surface area contributed by atoms with Gasteiger partial charge in [0.25, 0.3) is 5.91 Å². The molecule has 0 spiro atoms. The minimum atomic E-state index is -0.915. The van der Waals surface area contributed by atoms with Crippen LogP contribution < -0.4 is 5.32 Å². The lowest BCUT2D eigenvalue weighted by molar-refractivity contribution is -0.132. The normalized spacial score (nSPS) is 19.7. The number of benzene rings is 2.